The van der Waals surface area contributed by atoms with Crippen LogP contribution in [0.3, 0.4) is 0 Å². The van der Waals surface area contributed by atoms with Crippen LogP contribution in [0.25, 0.3) is 0 Å². The minimum Gasteiger partial charge on any atom is -0.122 e. The van der Waals surface area contributed by atoms with E-state index in [4.69, 9.17) is 0 Å². The van der Waals surface area contributed by atoms with Crippen molar-refractivity contribution >= 4 is 23.0 Å². The van der Waals surface area contributed by atoms with Gasteiger partial charge in [-0.2, -0.15) is 0 Å². The molecule has 1 atom stereocenters. The third kappa shape index (κ3) is 4.60. The topological polar surface area (TPSA) is 0 Å². The summed E-state index contributed by atoms with van der Waals surface area (Å²) in [5.41, 5.74) is 2.01. The summed E-state index contributed by atoms with van der Waals surface area (Å²) < 4.78 is 0. The normalized spacial score (nSPS) is 9.80. The molecule has 0 nitrogen and oxygen atoms in total. The predicted octanol–water partition coefficient (Wildman–Crippen LogP) is 1.59. The molecule has 0 saturated heterocycles. The average molecular weight is 106 g/mol. The Morgan fingerprint density at radius 3 is 2.60 bits per heavy atom. The summed E-state index contributed by atoms with van der Waals surface area (Å²) in [7, 11) is 4.22. The standard InChI is InChI=1S/C3H8P2/c1-2-5-3-4/h3-5H,2H2,1H3. The molecule has 0 saturated carbocycles. The fourth-order valence-corrected chi connectivity index (χ4v) is 0.919. The molecule has 0 bridgehead atoms. The van der Waals surface area contributed by atoms with Crippen molar-refractivity contribution in [2.45, 2.75) is 6.92 Å². The Kier molecular flexibility index (Phi) is 5.15. The summed E-state index contributed by atoms with van der Waals surface area (Å²) in [6, 6.07) is 0. The number of hydrogen-bond acceptors (Lipinski definition) is 0. The Hall–Kier alpha value is 0.600. The highest BCUT2D eigenvalue weighted by atomic mass is 31.1. The van der Waals surface area contributed by atoms with Crippen LogP contribution in [0.5, 0.6) is 0 Å². The van der Waals surface area contributed by atoms with Crippen molar-refractivity contribution in [3.63, 3.8) is 0 Å². The van der Waals surface area contributed by atoms with Crippen LogP contribution in [0.15, 0.2) is 0 Å². The van der Waals surface area contributed by atoms with Crippen LogP contribution < -0.4 is 0 Å². The van der Waals surface area contributed by atoms with Crippen molar-refractivity contribution in [1.82, 2.24) is 0 Å². The van der Waals surface area contributed by atoms with E-state index >= 15 is 0 Å². The first-order valence-corrected chi connectivity index (χ1v) is 3.50. The van der Waals surface area contributed by atoms with Gasteiger partial charge in [-0.15, -0.1) is 8.86 Å². The molecule has 0 rings (SSSR count). The SMILES string of the molecule is CCPC=P. The maximum atomic E-state index is 3.24. The first-order chi connectivity index (χ1) is 2.41. The van der Waals surface area contributed by atoms with Gasteiger partial charge in [0.1, 0.15) is 0 Å². The predicted molar refractivity (Wildman–Crippen MR) is 33.2 cm³/mol. The molecule has 0 aliphatic heterocycles. The molecule has 0 aromatic rings. The molecular weight excluding hydrogens is 98.0 g/mol. The van der Waals surface area contributed by atoms with Crippen LogP contribution in [0.4, 0.5) is 0 Å². The molecule has 1 unspecified atom stereocenters. The van der Waals surface area contributed by atoms with E-state index in [0.717, 1.165) is 8.58 Å². The van der Waals surface area contributed by atoms with E-state index in [0.29, 0.717) is 0 Å². The highest BCUT2D eigenvalue weighted by Crippen LogP contribution is 2.00. The summed E-state index contributed by atoms with van der Waals surface area (Å²) in [5.74, 6) is 0. The quantitative estimate of drug-likeness (QED) is 0.469. The van der Waals surface area contributed by atoms with Gasteiger partial charge in [0.05, 0.1) is 0 Å². The monoisotopic (exact) mass is 106 g/mol. The van der Waals surface area contributed by atoms with Crippen LogP contribution in [-0.2, 0) is 0 Å². The second-order valence-electron chi connectivity index (χ2n) is 0.702. The summed E-state index contributed by atoms with van der Waals surface area (Å²) in [6.07, 6.45) is 1.27. The van der Waals surface area contributed by atoms with Crippen LogP contribution in [-0.4, -0.2) is 11.7 Å². The van der Waals surface area contributed by atoms with Gasteiger partial charge in [0.15, 0.2) is 0 Å². The Bertz CT molecular complexity index is 26.1. The van der Waals surface area contributed by atoms with Crippen LogP contribution in [0, 0.1) is 0 Å². The fraction of sp³-hybridized carbons (Fsp3) is 0.667. The second-order valence-corrected chi connectivity index (χ2v) is 2.97. The third-order valence-corrected chi connectivity index (χ3v) is 1.53. The zero-order chi connectivity index (χ0) is 4.12. The summed E-state index contributed by atoms with van der Waals surface area (Å²) in [4.78, 5) is 0. The smallest absolute Gasteiger partial charge is 0.0344 e. The molecular formula is C3H8P2. The van der Waals surface area contributed by atoms with Gasteiger partial charge in [0.25, 0.3) is 0 Å². The lowest BCUT2D eigenvalue weighted by atomic mass is 11.0. The molecule has 0 aromatic carbocycles. The lowest BCUT2D eigenvalue weighted by Gasteiger charge is -1.73. The van der Waals surface area contributed by atoms with Crippen molar-refractivity contribution < 1.29 is 0 Å². The first-order valence-electron chi connectivity index (χ1n) is 1.64. The van der Waals surface area contributed by atoms with Crippen molar-refractivity contribution in [2.24, 2.45) is 0 Å². The van der Waals surface area contributed by atoms with E-state index in [2.05, 4.69) is 15.8 Å². The summed E-state index contributed by atoms with van der Waals surface area (Å²) in [5, 5.41) is 0. The molecule has 0 aliphatic carbocycles. The maximum absolute atomic E-state index is 3.24. The van der Waals surface area contributed by atoms with Gasteiger partial charge in [-0.3, -0.25) is 0 Å². The molecule has 30 valence electrons. The lowest BCUT2D eigenvalue weighted by Crippen LogP contribution is -1.52. The van der Waals surface area contributed by atoms with Crippen molar-refractivity contribution in [1.29, 1.82) is 0 Å². The van der Waals surface area contributed by atoms with Crippen LogP contribution >= 0.6 is 17.4 Å². The van der Waals surface area contributed by atoms with E-state index in [1.807, 2.05) is 5.54 Å². The minimum absolute atomic E-state index is 0.986. The first kappa shape index (κ1) is 5.60. The molecule has 0 amide bonds. The van der Waals surface area contributed by atoms with Gasteiger partial charge in [-0.1, -0.05) is 15.5 Å². The van der Waals surface area contributed by atoms with Gasteiger partial charge < -0.3 is 0 Å². The van der Waals surface area contributed by atoms with Gasteiger partial charge >= 0.3 is 0 Å². The molecule has 0 aromatic heterocycles. The molecule has 0 N–H and O–H groups in total. The van der Waals surface area contributed by atoms with Crippen LogP contribution in [0.1, 0.15) is 6.92 Å². The van der Waals surface area contributed by atoms with Crippen molar-refractivity contribution in [3.05, 3.63) is 0 Å². The van der Waals surface area contributed by atoms with Gasteiger partial charge in [-0.25, -0.2) is 0 Å². The Balaban J connectivity index is 2.40. The van der Waals surface area contributed by atoms with E-state index in [1.165, 1.54) is 6.16 Å². The number of rotatable bonds is 2. The highest BCUT2D eigenvalue weighted by molar-refractivity contribution is 7.65. The van der Waals surface area contributed by atoms with Crippen molar-refractivity contribution in [3.8, 4) is 0 Å². The van der Waals surface area contributed by atoms with Crippen LogP contribution in [0.2, 0.25) is 0 Å². The Morgan fingerprint density at radius 2 is 2.60 bits per heavy atom. The highest BCUT2D eigenvalue weighted by Gasteiger charge is 1.61. The van der Waals surface area contributed by atoms with Gasteiger partial charge in [0, 0.05) is 0 Å². The van der Waals surface area contributed by atoms with Gasteiger partial charge in [0.2, 0.25) is 0 Å². The zero-order valence-electron chi connectivity index (χ0n) is 3.28. The molecule has 0 heterocycles. The number of hydrogen-bond donors (Lipinski definition) is 0. The minimum atomic E-state index is 0.986. The van der Waals surface area contributed by atoms with E-state index in [-0.39, 0.29) is 0 Å². The largest absolute Gasteiger partial charge is 0.122 e. The Labute approximate surface area is 37.0 Å². The van der Waals surface area contributed by atoms with Gasteiger partial charge in [-0.05, 0) is 11.7 Å². The van der Waals surface area contributed by atoms with E-state index < -0.39 is 0 Å². The fourth-order valence-electron chi connectivity index (χ4n) is 0.102. The Morgan fingerprint density at radius 1 is 2.00 bits per heavy atom. The van der Waals surface area contributed by atoms with E-state index in [9.17, 15) is 0 Å². The second kappa shape index (κ2) is 4.60. The molecule has 5 heavy (non-hydrogen) atoms. The molecule has 0 spiro atoms. The summed E-state index contributed by atoms with van der Waals surface area (Å²) in [6.45, 7) is 2.16. The molecule has 0 fully saturated rings. The molecule has 2 heteroatoms. The van der Waals surface area contributed by atoms with E-state index in [1.54, 1.807) is 0 Å². The van der Waals surface area contributed by atoms with Crippen molar-refractivity contribution in [2.75, 3.05) is 6.16 Å². The molecule has 0 radical (unpaired) electrons. The third-order valence-electron chi connectivity index (χ3n) is 0.306. The average Bonchev–Trinajstić information content (AvgIpc) is 1.41. The zero-order valence-corrected chi connectivity index (χ0v) is 5.28. The lowest BCUT2D eigenvalue weighted by molar-refractivity contribution is 1.53. The molecule has 0 aliphatic rings. The maximum Gasteiger partial charge on any atom is -0.0344 e. The summed E-state index contributed by atoms with van der Waals surface area (Å²) >= 11 is 0.